The van der Waals surface area contributed by atoms with Gasteiger partial charge in [0.1, 0.15) is 5.82 Å². The van der Waals surface area contributed by atoms with E-state index in [-0.39, 0.29) is 10.9 Å². The van der Waals surface area contributed by atoms with Gasteiger partial charge >= 0.3 is 0 Å². The van der Waals surface area contributed by atoms with Crippen LogP contribution in [0.5, 0.6) is 5.75 Å². The van der Waals surface area contributed by atoms with Crippen LogP contribution >= 0.6 is 15.9 Å². The standard InChI is InChI=1S/C8H7BrF2O2/c9-3-7(12)5-1-4(10)2-6(11)8(5)13/h1-2,7,12-13H,3H2. The van der Waals surface area contributed by atoms with E-state index >= 15 is 0 Å². The molecule has 2 N–H and O–H groups in total. The molecule has 2 nitrogen and oxygen atoms in total. The van der Waals surface area contributed by atoms with Gasteiger partial charge in [0.05, 0.1) is 6.10 Å². The molecule has 5 heteroatoms. The number of aromatic hydroxyl groups is 1. The Balaban J connectivity index is 3.20. The molecule has 0 aliphatic rings. The van der Waals surface area contributed by atoms with Gasteiger partial charge in [-0.05, 0) is 6.07 Å². The first-order chi connectivity index (χ1) is 6.06. The highest BCUT2D eigenvalue weighted by molar-refractivity contribution is 9.09. The Morgan fingerprint density at radius 3 is 2.54 bits per heavy atom. The van der Waals surface area contributed by atoms with Crippen molar-refractivity contribution in [2.45, 2.75) is 6.10 Å². The number of benzene rings is 1. The van der Waals surface area contributed by atoms with E-state index in [4.69, 9.17) is 5.11 Å². The lowest BCUT2D eigenvalue weighted by Gasteiger charge is -2.09. The van der Waals surface area contributed by atoms with Gasteiger partial charge in [0.2, 0.25) is 0 Å². The first-order valence-corrected chi connectivity index (χ1v) is 4.60. The molecule has 1 rings (SSSR count). The molecule has 0 aliphatic carbocycles. The van der Waals surface area contributed by atoms with Gasteiger partial charge in [-0.1, -0.05) is 15.9 Å². The van der Waals surface area contributed by atoms with Crippen LogP contribution in [0.25, 0.3) is 0 Å². The molecule has 0 aromatic heterocycles. The molecule has 1 aromatic rings. The second-order valence-electron chi connectivity index (χ2n) is 2.50. The van der Waals surface area contributed by atoms with Crippen LogP contribution < -0.4 is 0 Å². The maximum absolute atomic E-state index is 12.7. The molecule has 0 aliphatic heterocycles. The molecule has 0 amide bonds. The minimum Gasteiger partial charge on any atom is -0.505 e. The molecule has 0 bridgehead atoms. The van der Waals surface area contributed by atoms with Crippen molar-refractivity contribution in [2.24, 2.45) is 0 Å². The summed E-state index contributed by atoms with van der Waals surface area (Å²) >= 11 is 2.93. The lowest BCUT2D eigenvalue weighted by atomic mass is 10.1. The summed E-state index contributed by atoms with van der Waals surface area (Å²) in [5.74, 6) is -2.62. The molecule has 72 valence electrons. The fraction of sp³-hybridized carbons (Fsp3) is 0.250. The molecule has 0 saturated heterocycles. The van der Waals surface area contributed by atoms with Crippen molar-refractivity contribution in [3.63, 3.8) is 0 Å². The van der Waals surface area contributed by atoms with E-state index in [0.717, 1.165) is 6.07 Å². The lowest BCUT2D eigenvalue weighted by Crippen LogP contribution is -2.00. The molecular weight excluding hydrogens is 246 g/mol. The van der Waals surface area contributed by atoms with Crippen LogP contribution in [-0.4, -0.2) is 15.5 Å². The summed E-state index contributed by atoms with van der Waals surface area (Å²) in [6.07, 6.45) is -1.12. The Hall–Kier alpha value is -0.680. The molecule has 0 fully saturated rings. The molecule has 0 saturated carbocycles. The van der Waals surface area contributed by atoms with Crippen molar-refractivity contribution in [3.8, 4) is 5.75 Å². The van der Waals surface area contributed by atoms with Gasteiger partial charge in [-0.25, -0.2) is 8.78 Å². The third-order valence-electron chi connectivity index (χ3n) is 1.56. The molecule has 1 atom stereocenters. The third kappa shape index (κ3) is 2.16. The maximum Gasteiger partial charge on any atom is 0.168 e. The molecule has 1 unspecified atom stereocenters. The minimum absolute atomic E-state index is 0.101. The van der Waals surface area contributed by atoms with Crippen LogP contribution in [0.4, 0.5) is 8.78 Å². The van der Waals surface area contributed by atoms with Crippen LogP contribution in [0, 0.1) is 11.6 Å². The fourth-order valence-electron chi connectivity index (χ4n) is 0.923. The Labute approximate surface area is 81.9 Å². The zero-order valence-corrected chi connectivity index (χ0v) is 8.05. The first kappa shape index (κ1) is 10.4. The third-order valence-corrected chi connectivity index (χ3v) is 2.18. The highest BCUT2D eigenvalue weighted by Gasteiger charge is 2.16. The summed E-state index contributed by atoms with van der Waals surface area (Å²) in [6.45, 7) is 0. The second kappa shape index (κ2) is 4.02. The number of aliphatic hydroxyl groups excluding tert-OH is 1. The highest BCUT2D eigenvalue weighted by atomic mass is 79.9. The summed E-state index contributed by atoms with van der Waals surface area (Å²) in [7, 11) is 0. The maximum atomic E-state index is 12.7. The van der Waals surface area contributed by atoms with Crippen molar-refractivity contribution in [1.29, 1.82) is 0 Å². The van der Waals surface area contributed by atoms with Gasteiger partial charge in [0.25, 0.3) is 0 Å². The fourth-order valence-corrected chi connectivity index (χ4v) is 1.27. The van der Waals surface area contributed by atoms with Crippen molar-refractivity contribution >= 4 is 15.9 Å². The summed E-state index contributed by atoms with van der Waals surface area (Å²) in [4.78, 5) is 0. The largest absolute Gasteiger partial charge is 0.505 e. The Bertz CT molecular complexity index is 317. The van der Waals surface area contributed by atoms with Crippen LogP contribution in [0.3, 0.4) is 0 Å². The van der Waals surface area contributed by atoms with Crippen molar-refractivity contribution in [1.82, 2.24) is 0 Å². The van der Waals surface area contributed by atoms with Crippen molar-refractivity contribution < 1.29 is 19.0 Å². The number of rotatable bonds is 2. The predicted octanol–water partition coefficient (Wildman–Crippen LogP) is 2.10. The van der Waals surface area contributed by atoms with Crippen LogP contribution in [0.15, 0.2) is 12.1 Å². The van der Waals surface area contributed by atoms with Gasteiger partial charge in [0.15, 0.2) is 11.6 Å². The van der Waals surface area contributed by atoms with E-state index in [1.54, 1.807) is 0 Å². The summed E-state index contributed by atoms with van der Waals surface area (Å²) in [5, 5.41) is 18.4. The summed E-state index contributed by atoms with van der Waals surface area (Å²) in [6, 6.07) is 1.45. The van der Waals surface area contributed by atoms with Gasteiger partial charge in [-0.15, -0.1) is 0 Å². The van der Waals surface area contributed by atoms with Crippen LogP contribution in [-0.2, 0) is 0 Å². The van der Waals surface area contributed by atoms with Gasteiger partial charge in [0, 0.05) is 17.0 Å². The lowest BCUT2D eigenvalue weighted by molar-refractivity contribution is 0.199. The van der Waals surface area contributed by atoms with Crippen LogP contribution in [0.1, 0.15) is 11.7 Å². The van der Waals surface area contributed by atoms with Gasteiger partial charge < -0.3 is 10.2 Å². The van der Waals surface area contributed by atoms with Crippen LogP contribution in [0.2, 0.25) is 0 Å². The number of halogens is 3. The second-order valence-corrected chi connectivity index (χ2v) is 3.14. The molecule has 0 heterocycles. The van der Waals surface area contributed by atoms with E-state index < -0.39 is 23.5 Å². The molecule has 0 radical (unpaired) electrons. The van der Waals surface area contributed by atoms with E-state index in [1.807, 2.05) is 0 Å². The van der Waals surface area contributed by atoms with Gasteiger partial charge in [-0.2, -0.15) is 0 Å². The number of alkyl halides is 1. The summed E-state index contributed by atoms with van der Waals surface area (Å²) < 4.78 is 25.3. The van der Waals surface area contributed by atoms with E-state index in [0.29, 0.717) is 6.07 Å². The number of hydrogen-bond donors (Lipinski definition) is 2. The van der Waals surface area contributed by atoms with E-state index in [1.165, 1.54) is 0 Å². The number of aliphatic hydroxyl groups is 1. The zero-order valence-electron chi connectivity index (χ0n) is 6.47. The molecule has 1 aromatic carbocycles. The Kier molecular flexibility index (Phi) is 3.22. The van der Waals surface area contributed by atoms with E-state index in [9.17, 15) is 13.9 Å². The zero-order chi connectivity index (χ0) is 10.0. The SMILES string of the molecule is Oc1c(F)cc(F)cc1C(O)CBr. The number of phenols is 1. The average molecular weight is 253 g/mol. The molecular formula is C8H7BrF2O2. The normalized spacial score (nSPS) is 12.9. The number of hydrogen-bond acceptors (Lipinski definition) is 2. The minimum atomic E-state index is -1.12. The predicted molar refractivity (Wildman–Crippen MR) is 46.8 cm³/mol. The van der Waals surface area contributed by atoms with E-state index in [2.05, 4.69) is 15.9 Å². The Morgan fingerprint density at radius 2 is 2.00 bits per heavy atom. The Morgan fingerprint density at radius 1 is 1.38 bits per heavy atom. The quantitative estimate of drug-likeness (QED) is 0.792. The van der Waals surface area contributed by atoms with Gasteiger partial charge in [-0.3, -0.25) is 0 Å². The average Bonchev–Trinajstić information content (AvgIpc) is 2.10. The molecule has 0 spiro atoms. The highest BCUT2D eigenvalue weighted by Crippen LogP contribution is 2.28. The summed E-state index contributed by atoms with van der Waals surface area (Å²) in [5.41, 5.74) is -0.158. The molecule has 13 heavy (non-hydrogen) atoms. The first-order valence-electron chi connectivity index (χ1n) is 3.48. The number of phenolic OH excluding ortho intramolecular Hbond substituents is 1. The smallest absolute Gasteiger partial charge is 0.168 e. The van der Waals surface area contributed by atoms with Crippen molar-refractivity contribution in [2.75, 3.05) is 5.33 Å². The van der Waals surface area contributed by atoms with Crippen molar-refractivity contribution in [3.05, 3.63) is 29.3 Å². The topological polar surface area (TPSA) is 40.5 Å². The monoisotopic (exact) mass is 252 g/mol.